The molecule has 3 rings (SSSR count). The summed E-state index contributed by atoms with van der Waals surface area (Å²) < 4.78 is 11.0. The lowest BCUT2D eigenvalue weighted by molar-refractivity contribution is -0.137. The zero-order valence-electron chi connectivity index (χ0n) is 17.6. The predicted molar refractivity (Wildman–Crippen MR) is 132 cm³/mol. The fraction of sp³-hybridized carbons (Fsp3) is 0.200. The summed E-state index contributed by atoms with van der Waals surface area (Å²) in [6.45, 7) is 2.57. The third kappa shape index (κ3) is 7.30. The Morgan fingerprint density at radius 3 is 2.50 bits per heavy atom. The number of halogens is 2. The maximum atomic E-state index is 11.8. The van der Waals surface area contributed by atoms with Gasteiger partial charge in [-0.15, -0.1) is 11.8 Å². The lowest BCUT2D eigenvalue weighted by Crippen LogP contribution is -2.04. The van der Waals surface area contributed by atoms with Crippen LogP contribution in [-0.4, -0.2) is 24.2 Å². The second kappa shape index (κ2) is 12.5. The van der Waals surface area contributed by atoms with E-state index in [1.165, 1.54) is 23.4 Å². The number of hydrogen-bond donors (Lipinski definition) is 0. The summed E-state index contributed by atoms with van der Waals surface area (Å²) in [6, 6.07) is 19.3. The molecule has 2 aromatic carbocycles. The van der Waals surface area contributed by atoms with E-state index < -0.39 is 5.97 Å². The number of thioether (sulfide) groups is 1. The minimum Gasteiger partial charge on any atom is -0.491 e. The van der Waals surface area contributed by atoms with Crippen LogP contribution in [0.15, 0.2) is 71.6 Å². The number of rotatable bonds is 10. The molecule has 7 heteroatoms. The molecule has 0 atom stereocenters. The highest BCUT2D eigenvalue weighted by Gasteiger charge is 2.10. The van der Waals surface area contributed by atoms with Gasteiger partial charge in [0.15, 0.2) is 0 Å². The molecule has 0 spiro atoms. The molecule has 166 valence electrons. The molecule has 0 N–H and O–H groups in total. The number of benzene rings is 2. The zero-order chi connectivity index (χ0) is 22.8. The monoisotopic (exact) mass is 487 g/mol. The number of carbonyl (C=O) groups is 1. The Balaban J connectivity index is 1.74. The number of nitrogens with zero attached hydrogens (tertiary/aromatic N) is 1. The molecule has 0 aliphatic rings. The fourth-order valence-corrected chi connectivity index (χ4v) is 4.44. The number of carbonyl (C=O) groups excluding carboxylic acids is 1. The molecule has 0 saturated carbocycles. The minimum absolute atomic E-state index is 0.312. The smallest absolute Gasteiger partial charge is 0.330 e. The van der Waals surface area contributed by atoms with Crippen molar-refractivity contribution in [2.75, 3.05) is 13.2 Å². The molecule has 1 heterocycles. The number of esters is 1. The summed E-state index contributed by atoms with van der Waals surface area (Å²) in [7, 11) is 0. The molecule has 0 radical (unpaired) electrons. The van der Waals surface area contributed by atoms with Crippen LogP contribution in [0.2, 0.25) is 10.0 Å². The summed E-state index contributed by atoms with van der Waals surface area (Å²) in [5.41, 5.74) is 2.56. The van der Waals surface area contributed by atoms with Gasteiger partial charge in [-0.3, -0.25) is 0 Å². The summed E-state index contributed by atoms with van der Waals surface area (Å²) in [5, 5.41) is 1.21. The largest absolute Gasteiger partial charge is 0.491 e. The SMILES string of the molecule is CCOC(=O)/C=C/c1nc(CSc2c(Cl)cccc2Cl)ccc1OCCc1ccccc1. The highest BCUT2D eigenvalue weighted by molar-refractivity contribution is 7.98. The van der Waals surface area contributed by atoms with E-state index >= 15 is 0 Å². The normalized spacial score (nSPS) is 11.0. The fourth-order valence-electron chi connectivity index (χ4n) is 2.85. The number of ether oxygens (including phenoxy) is 2. The van der Waals surface area contributed by atoms with Crippen molar-refractivity contribution in [3.8, 4) is 5.75 Å². The Labute approximate surface area is 202 Å². The number of hydrogen-bond acceptors (Lipinski definition) is 5. The van der Waals surface area contributed by atoms with Gasteiger partial charge < -0.3 is 9.47 Å². The Morgan fingerprint density at radius 1 is 1.03 bits per heavy atom. The van der Waals surface area contributed by atoms with Crippen LogP contribution in [0.5, 0.6) is 5.75 Å². The highest BCUT2D eigenvalue weighted by atomic mass is 35.5. The molecule has 0 fully saturated rings. The number of pyridine rings is 1. The molecular formula is C25H23Cl2NO3S. The number of aromatic nitrogens is 1. The van der Waals surface area contributed by atoms with Crippen molar-refractivity contribution in [3.63, 3.8) is 0 Å². The summed E-state index contributed by atoms with van der Waals surface area (Å²) in [6.07, 6.45) is 3.74. The average Bonchev–Trinajstić information content (AvgIpc) is 2.79. The second-order valence-electron chi connectivity index (χ2n) is 6.69. The van der Waals surface area contributed by atoms with E-state index in [0.29, 0.717) is 40.5 Å². The Kier molecular flexibility index (Phi) is 9.47. The first-order valence-electron chi connectivity index (χ1n) is 10.1. The quantitative estimate of drug-likeness (QED) is 0.177. The molecule has 0 unspecified atom stereocenters. The Bertz CT molecular complexity index is 1050. The first-order valence-corrected chi connectivity index (χ1v) is 11.9. The van der Waals surface area contributed by atoms with Crippen LogP contribution in [0.1, 0.15) is 23.9 Å². The standard InChI is InChI=1S/C25H23Cl2NO3S/c1-2-30-24(29)14-12-22-23(31-16-15-18-7-4-3-5-8-18)13-11-19(28-22)17-32-25-20(26)9-6-10-21(25)27/h3-14H,2,15-17H2,1H3/b14-12+. The summed E-state index contributed by atoms with van der Waals surface area (Å²) >= 11 is 14.0. The molecule has 1 aromatic heterocycles. The Morgan fingerprint density at radius 2 is 1.78 bits per heavy atom. The van der Waals surface area contributed by atoms with Crippen molar-refractivity contribution in [2.45, 2.75) is 24.0 Å². The molecule has 0 saturated heterocycles. The third-order valence-corrected chi connectivity index (χ3v) is 6.40. The van der Waals surface area contributed by atoms with Crippen LogP contribution in [0.4, 0.5) is 0 Å². The van der Waals surface area contributed by atoms with Crippen LogP contribution < -0.4 is 4.74 Å². The van der Waals surface area contributed by atoms with Crippen molar-refractivity contribution in [3.05, 3.63) is 93.7 Å². The van der Waals surface area contributed by atoms with Crippen molar-refractivity contribution < 1.29 is 14.3 Å². The van der Waals surface area contributed by atoms with Crippen LogP contribution in [0.3, 0.4) is 0 Å². The van der Waals surface area contributed by atoms with Crippen molar-refractivity contribution in [1.29, 1.82) is 0 Å². The summed E-state index contributed by atoms with van der Waals surface area (Å²) in [4.78, 5) is 17.3. The van der Waals surface area contributed by atoms with Crippen molar-refractivity contribution >= 4 is 47.0 Å². The van der Waals surface area contributed by atoms with Gasteiger partial charge in [-0.1, -0.05) is 59.6 Å². The van der Waals surface area contributed by atoms with Gasteiger partial charge in [0.05, 0.1) is 29.0 Å². The van der Waals surface area contributed by atoms with E-state index in [1.807, 2.05) is 36.4 Å². The first-order chi connectivity index (χ1) is 15.6. The van der Waals surface area contributed by atoms with Crippen LogP contribution in [0, 0.1) is 0 Å². The lowest BCUT2D eigenvalue weighted by atomic mass is 10.2. The van der Waals surface area contributed by atoms with Gasteiger partial charge in [0.1, 0.15) is 11.4 Å². The predicted octanol–water partition coefficient (Wildman–Crippen LogP) is 6.88. The van der Waals surface area contributed by atoms with Gasteiger partial charge in [0, 0.05) is 23.1 Å². The molecular weight excluding hydrogens is 465 g/mol. The van der Waals surface area contributed by atoms with Gasteiger partial charge in [0.2, 0.25) is 0 Å². The van der Waals surface area contributed by atoms with Crippen molar-refractivity contribution in [1.82, 2.24) is 4.98 Å². The van der Waals surface area contributed by atoms with Gasteiger partial charge in [0.25, 0.3) is 0 Å². The lowest BCUT2D eigenvalue weighted by Gasteiger charge is -2.11. The van der Waals surface area contributed by atoms with E-state index in [2.05, 4.69) is 17.1 Å². The first kappa shape index (κ1) is 24.2. The Hall–Kier alpha value is -2.47. The van der Waals surface area contributed by atoms with E-state index in [-0.39, 0.29) is 0 Å². The summed E-state index contributed by atoms with van der Waals surface area (Å²) in [5.74, 6) is 0.742. The van der Waals surface area contributed by atoms with E-state index in [9.17, 15) is 4.79 Å². The van der Waals surface area contributed by atoms with E-state index in [0.717, 1.165) is 17.0 Å². The van der Waals surface area contributed by atoms with Crippen LogP contribution in [0.25, 0.3) is 6.08 Å². The van der Waals surface area contributed by atoms with Gasteiger partial charge in [-0.2, -0.15) is 0 Å². The highest BCUT2D eigenvalue weighted by Crippen LogP contribution is 2.35. The topological polar surface area (TPSA) is 48.4 Å². The van der Waals surface area contributed by atoms with E-state index in [1.54, 1.807) is 25.1 Å². The minimum atomic E-state index is -0.424. The van der Waals surface area contributed by atoms with Gasteiger partial charge in [-0.05, 0) is 42.8 Å². The van der Waals surface area contributed by atoms with Crippen molar-refractivity contribution in [2.24, 2.45) is 0 Å². The van der Waals surface area contributed by atoms with E-state index in [4.69, 9.17) is 32.7 Å². The average molecular weight is 488 g/mol. The van der Waals surface area contributed by atoms with Gasteiger partial charge >= 0.3 is 5.97 Å². The van der Waals surface area contributed by atoms with Crippen LogP contribution in [-0.2, 0) is 21.7 Å². The third-order valence-electron chi connectivity index (χ3n) is 4.38. The zero-order valence-corrected chi connectivity index (χ0v) is 19.9. The molecule has 0 aliphatic carbocycles. The molecule has 4 nitrogen and oxygen atoms in total. The maximum Gasteiger partial charge on any atom is 0.330 e. The maximum absolute atomic E-state index is 11.8. The molecule has 3 aromatic rings. The second-order valence-corrected chi connectivity index (χ2v) is 8.49. The van der Waals surface area contributed by atoms with Gasteiger partial charge in [-0.25, -0.2) is 9.78 Å². The van der Waals surface area contributed by atoms with Crippen LogP contribution >= 0.6 is 35.0 Å². The molecule has 0 amide bonds. The molecule has 0 bridgehead atoms. The molecule has 0 aliphatic heterocycles. The molecule has 32 heavy (non-hydrogen) atoms.